The van der Waals surface area contributed by atoms with Gasteiger partial charge >= 0.3 is 0 Å². The third kappa shape index (κ3) is 2.86. The van der Waals surface area contributed by atoms with Gasteiger partial charge in [0.2, 0.25) is 5.13 Å². The molecule has 5 nitrogen and oxygen atoms in total. The zero-order chi connectivity index (χ0) is 13.9. The second-order valence-corrected chi connectivity index (χ2v) is 5.91. The number of rotatable bonds is 4. The molecule has 0 spiro atoms. The second-order valence-electron chi connectivity index (χ2n) is 4.75. The summed E-state index contributed by atoms with van der Waals surface area (Å²) in [6, 6.07) is 4.10. The number of hydrogen-bond donors (Lipinski definition) is 1. The van der Waals surface area contributed by atoms with E-state index in [1.807, 2.05) is 12.1 Å². The van der Waals surface area contributed by atoms with Crippen LogP contribution in [0.3, 0.4) is 0 Å². The van der Waals surface area contributed by atoms with Crippen molar-refractivity contribution >= 4 is 34.1 Å². The topological polar surface area (TPSA) is 53.9 Å². The molecular weight excluding hydrogens is 294 g/mol. The van der Waals surface area contributed by atoms with Crippen LogP contribution in [0.4, 0.5) is 10.9 Å². The average molecular weight is 310 g/mol. The summed E-state index contributed by atoms with van der Waals surface area (Å²) in [5.74, 6) is 1.77. The third-order valence-electron chi connectivity index (χ3n) is 3.34. The lowest BCUT2D eigenvalue weighted by molar-refractivity contribution is 0.802. The molecule has 7 heteroatoms. The summed E-state index contributed by atoms with van der Waals surface area (Å²) in [6.07, 6.45) is 3.70. The molecule has 0 saturated carbocycles. The van der Waals surface area contributed by atoms with Crippen LogP contribution in [0, 0.1) is 0 Å². The minimum absolute atomic E-state index is 0.366. The maximum absolute atomic E-state index is 6.19. The predicted octanol–water partition coefficient (Wildman–Crippen LogP) is 2.84. The number of nitrogens with zero attached hydrogens (tertiary/aromatic N) is 4. The van der Waals surface area contributed by atoms with Gasteiger partial charge in [-0.25, -0.2) is 9.97 Å². The van der Waals surface area contributed by atoms with Gasteiger partial charge in [-0.05, 0) is 18.6 Å². The standard InChI is InChI=1S/C13H16ClN5S/c1-2-11-17-13(20-18-11)16-9-5-7-19(8-9)12-10(14)4-3-6-15-12/h3-4,6,9H,2,5,7-8H2,1H3,(H,16,17,18). The quantitative estimate of drug-likeness (QED) is 0.941. The molecule has 3 rings (SSSR count). The summed E-state index contributed by atoms with van der Waals surface area (Å²) < 4.78 is 4.29. The first-order valence-electron chi connectivity index (χ1n) is 6.71. The number of aromatic nitrogens is 3. The molecule has 0 radical (unpaired) electrons. The normalized spacial score (nSPS) is 18.5. The van der Waals surface area contributed by atoms with E-state index in [4.69, 9.17) is 11.6 Å². The van der Waals surface area contributed by atoms with Crippen molar-refractivity contribution in [2.45, 2.75) is 25.8 Å². The van der Waals surface area contributed by atoms with Crippen molar-refractivity contribution in [1.29, 1.82) is 0 Å². The Morgan fingerprint density at radius 2 is 2.45 bits per heavy atom. The third-order valence-corrected chi connectivity index (χ3v) is 4.32. The Kier molecular flexibility index (Phi) is 4.03. The van der Waals surface area contributed by atoms with Gasteiger partial charge in [-0.15, -0.1) is 0 Å². The van der Waals surface area contributed by atoms with Gasteiger partial charge in [-0.2, -0.15) is 4.37 Å². The van der Waals surface area contributed by atoms with E-state index in [9.17, 15) is 0 Å². The van der Waals surface area contributed by atoms with Crippen LogP contribution in [0.1, 0.15) is 19.2 Å². The molecule has 1 aliphatic rings. The smallest absolute Gasteiger partial charge is 0.202 e. The van der Waals surface area contributed by atoms with Crippen LogP contribution in [0.2, 0.25) is 5.02 Å². The van der Waals surface area contributed by atoms with Gasteiger partial charge in [0.1, 0.15) is 11.6 Å². The lowest BCUT2D eigenvalue weighted by Gasteiger charge is -2.18. The van der Waals surface area contributed by atoms with Crippen LogP contribution in [0.25, 0.3) is 0 Å². The number of pyridine rings is 1. The molecule has 1 unspecified atom stereocenters. The van der Waals surface area contributed by atoms with Crippen molar-refractivity contribution < 1.29 is 0 Å². The Morgan fingerprint density at radius 3 is 3.20 bits per heavy atom. The van der Waals surface area contributed by atoms with E-state index in [1.54, 1.807) is 6.20 Å². The van der Waals surface area contributed by atoms with Gasteiger partial charge in [-0.1, -0.05) is 18.5 Å². The predicted molar refractivity (Wildman–Crippen MR) is 82.8 cm³/mol. The van der Waals surface area contributed by atoms with Gasteiger partial charge in [0, 0.05) is 43.3 Å². The fourth-order valence-electron chi connectivity index (χ4n) is 2.31. The first-order valence-corrected chi connectivity index (χ1v) is 7.86. The summed E-state index contributed by atoms with van der Waals surface area (Å²) in [5, 5.41) is 5.06. The van der Waals surface area contributed by atoms with E-state index in [0.717, 1.165) is 42.7 Å². The molecule has 20 heavy (non-hydrogen) atoms. The van der Waals surface area contributed by atoms with Gasteiger partial charge in [0.05, 0.1) is 5.02 Å². The Labute approximate surface area is 127 Å². The maximum atomic E-state index is 6.19. The van der Waals surface area contributed by atoms with Crippen LogP contribution >= 0.6 is 23.1 Å². The summed E-state index contributed by atoms with van der Waals surface area (Å²) in [6.45, 7) is 3.90. The largest absolute Gasteiger partial charge is 0.356 e. The number of hydrogen-bond acceptors (Lipinski definition) is 6. The minimum Gasteiger partial charge on any atom is -0.356 e. The minimum atomic E-state index is 0.366. The van der Waals surface area contributed by atoms with Crippen molar-refractivity contribution in [3.63, 3.8) is 0 Å². The van der Waals surface area contributed by atoms with E-state index in [0.29, 0.717) is 11.1 Å². The highest BCUT2D eigenvalue weighted by Gasteiger charge is 2.25. The summed E-state index contributed by atoms with van der Waals surface area (Å²) in [5.41, 5.74) is 0. The summed E-state index contributed by atoms with van der Waals surface area (Å²) in [4.78, 5) is 11.0. The van der Waals surface area contributed by atoms with Gasteiger partial charge < -0.3 is 10.2 Å². The number of halogens is 1. The van der Waals surface area contributed by atoms with Gasteiger partial charge in [0.15, 0.2) is 0 Å². The molecule has 2 aromatic heterocycles. The Bertz CT molecular complexity index is 588. The molecule has 1 saturated heterocycles. The lowest BCUT2D eigenvalue weighted by Crippen LogP contribution is -2.26. The van der Waals surface area contributed by atoms with Gasteiger partial charge in [0.25, 0.3) is 0 Å². The highest BCUT2D eigenvalue weighted by Crippen LogP contribution is 2.27. The van der Waals surface area contributed by atoms with Gasteiger partial charge in [-0.3, -0.25) is 0 Å². The maximum Gasteiger partial charge on any atom is 0.202 e. The Balaban J connectivity index is 1.63. The fourth-order valence-corrected chi connectivity index (χ4v) is 3.28. The highest BCUT2D eigenvalue weighted by atomic mass is 35.5. The molecular formula is C13H16ClN5S. The Hall–Kier alpha value is -1.40. The molecule has 106 valence electrons. The molecule has 3 heterocycles. The van der Waals surface area contributed by atoms with Crippen LogP contribution in [-0.2, 0) is 6.42 Å². The SMILES string of the molecule is CCc1nsc(NC2CCN(c3ncccc3Cl)C2)n1. The zero-order valence-electron chi connectivity index (χ0n) is 11.2. The molecule has 1 atom stereocenters. The average Bonchev–Trinajstić information content (AvgIpc) is 3.09. The molecule has 2 aromatic rings. The van der Waals surface area contributed by atoms with Crippen LogP contribution in [0.15, 0.2) is 18.3 Å². The van der Waals surface area contributed by atoms with E-state index < -0.39 is 0 Å². The molecule has 0 amide bonds. The molecule has 1 fully saturated rings. The number of anilines is 2. The first kappa shape index (κ1) is 13.6. The lowest BCUT2D eigenvalue weighted by atomic mass is 10.3. The monoisotopic (exact) mass is 309 g/mol. The molecule has 1 aliphatic heterocycles. The van der Waals surface area contributed by atoms with Crippen molar-refractivity contribution in [1.82, 2.24) is 14.3 Å². The highest BCUT2D eigenvalue weighted by molar-refractivity contribution is 7.09. The number of nitrogens with one attached hydrogen (secondary N) is 1. The van der Waals surface area contributed by atoms with Crippen molar-refractivity contribution in [3.8, 4) is 0 Å². The van der Waals surface area contributed by atoms with Crippen molar-refractivity contribution in [2.75, 3.05) is 23.3 Å². The molecule has 0 bridgehead atoms. The van der Waals surface area contributed by atoms with E-state index >= 15 is 0 Å². The van der Waals surface area contributed by atoms with E-state index in [2.05, 4.69) is 31.5 Å². The van der Waals surface area contributed by atoms with Crippen LogP contribution in [0.5, 0.6) is 0 Å². The zero-order valence-corrected chi connectivity index (χ0v) is 12.8. The Morgan fingerprint density at radius 1 is 1.55 bits per heavy atom. The second kappa shape index (κ2) is 5.93. The summed E-state index contributed by atoms with van der Waals surface area (Å²) in [7, 11) is 0. The first-order chi connectivity index (χ1) is 9.76. The van der Waals surface area contributed by atoms with Crippen molar-refractivity contribution in [2.24, 2.45) is 0 Å². The van der Waals surface area contributed by atoms with E-state index in [1.165, 1.54) is 11.5 Å². The molecule has 0 aromatic carbocycles. The fraction of sp³-hybridized carbons (Fsp3) is 0.462. The van der Waals surface area contributed by atoms with Crippen LogP contribution in [-0.4, -0.2) is 33.5 Å². The summed E-state index contributed by atoms with van der Waals surface area (Å²) >= 11 is 7.62. The van der Waals surface area contributed by atoms with E-state index in [-0.39, 0.29) is 0 Å². The molecule has 0 aliphatic carbocycles. The van der Waals surface area contributed by atoms with Crippen molar-refractivity contribution in [3.05, 3.63) is 29.2 Å². The molecule has 1 N–H and O–H groups in total. The number of aryl methyl sites for hydroxylation is 1. The van der Waals surface area contributed by atoms with Crippen LogP contribution < -0.4 is 10.2 Å².